The molecular weight excluding hydrogens is 655 g/mol. The second kappa shape index (κ2) is 13.4. The lowest BCUT2D eigenvalue weighted by Gasteiger charge is -2.25. The van der Waals surface area contributed by atoms with Gasteiger partial charge >= 0.3 is 0 Å². The van der Waals surface area contributed by atoms with Gasteiger partial charge in [-0.25, -0.2) is 0 Å². The highest BCUT2D eigenvalue weighted by molar-refractivity contribution is 6.15. The molecule has 1 heterocycles. The molecule has 0 spiro atoms. The second-order valence-electron chi connectivity index (χ2n) is 12.2. The van der Waals surface area contributed by atoms with Gasteiger partial charge in [-0.1, -0.05) is 139 Å². The standard InChI is InChI=1S/C52H35NO/c1-4-14-36(15-5-1)38-18-12-19-42(32-38)48-33-39-16-10-11-17-40(39)34-49(48)46-24-13-25-50-52(46)47-31-28-41(35-51(47)54-50)37-26-29-45(30-27-37)53(43-20-6-2-7-21-43)44-22-8-3-9-23-44/h1-35H/i2D,3D,6D,7D,8D,9D,13D,20D,21D,22D,23D,24D,25D,26D,27D,28D,29D,30D,31D,35D. The zero-order chi connectivity index (χ0) is 53.3. The molecule has 0 saturated heterocycles. The van der Waals surface area contributed by atoms with Crippen LogP contribution in [0, 0.1) is 0 Å². The number of para-hydroxylation sites is 2. The Bertz CT molecular complexity index is 3940. The van der Waals surface area contributed by atoms with E-state index < -0.39 is 155 Å². The van der Waals surface area contributed by atoms with Crippen molar-refractivity contribution >= 4 is 49.8 Å². The third-order valence-corrected chi connectivity index (χ3v) is 9.01. The molecule has 0 aliphatic rings. The average Bonchev–Trinajstić information content (AvgIpc) is 3.81. The summed E-state index contributed by atoms with van der Waals surface area (Å²) in [6, 6.07) is 11.2. The van der Waals surface area contributed by atoms with E-state index >= 15 is 0 Å². The first-order valence-corrected chi connectivity index (χ1v) is 16.8. The maximum Gasteiger partial charge on any atom is 0.136 e. The molecule has 0 N–H and O–H groups in total. The van der Waals surface area contributed by atoms with Gasteiger partial charge in [0.15, 0.2) is 0 Å². The summed E-state index contributed by atoms with van der Waals surface area (Å²) in [4.78, 5) is 0.486. The molecule has 0 unspecified atom stereocenters. The zero-order valence-corrected chi connectivity index (χ0v) is 28.0. The predicted octanol–water partition coefficient (Wildman–Crippen LogP) is 14.9. The van der Waals surface area contributed by atoms with Crippen molar-refractivity contribution in [2.75, 3.05) is 4.90 Å². The molecule has 2 heteroatoms. The molecule has 0 aliphatic carbocycles. The van der Waals surface area contributed by atoms with Crippen LogP contribution in [0.15, 0.2) is 216 Å². The summed E-state index contributed by atoms with van der Waals surface area (Å²) in [7, 11) is 0. The van der Waals surface area contributed by atoms with Crippen molar-refractivity contribution in [1.29, 1.82) is 0 Å². The normalized spacial score (nSPS) is 16.5. The number of anilines is 3. The van der Waals surface area contributed by atoms with Gasteiger partial charge < -0.3 is 9.32 Å². The minimum absolute atomic E-state index is 0.0388. The Labute approximate surface area is 342 Å². The lowest BCUT2D eigenvalue weighted by atomic mass is 9.88. The smallest absolute Gasteiger partial charge is 0.136 e. The largest absolute Gasteiger partial charge is 0.456 e. The molecular formula is C52H35NO. The number of benzene rings is 9. The maximum atomic E-state index is 9.61. The van der Waals surface area contributed by atoms with Crippen molar-refractivity contribution in [3.63, 3.8) is 0 Å². The molecule has 0 saturated carbocycles. The second-order valence-corrected chi connectivity index (χ2v) is 12.2. The summed E-state index contributed by atoms with van der Waals surface area (Å²) in [6.45, 7) is 0. The summed E-state index contributed by atoms with van der Waals surface area (Å²) in [5, 5.41) is 1.32. The highest BCUT2D eigenvalue weighted by Gasteiger charge is 2.18. The summed E-state index contributed by atoms with van der Waals surface area (Å²) < 4.78 is 185. The maximum absolute atomic E-state index is 9.61. The van der Waals surface area contributed by atoms with E-state index in [1.807, 2.05) is 91.0 Å². The van der Waals surface area contributed by atoms with Crippen molar-refractivity contribution in [3.8, 4) is 44.5 Å². The molecule has 10 rings (SSSR count). The van der Waals surface area contributed by atoms with Gasteiger partial charge in [-0.15, -0.1) is 0 Å². The van der Waals surface area contributed by atoms with Gasteiger partial charge in [0, 0.05) is 27.8 Å². The van der Waals surface area contributed by atoms with Crippen LogP contribution in [0.1, 0.15) is 27.4 Å². The molecule has 9 aromatic carbocycles. The Kier molecular flexibility index (Phi) is 4.26. The summed E-state index contributed by atoms with van der Waals surface area (Å²) >= 11 is 0. The quantitative estimate of drug-likeness (QED) is 0.164. The van der Waals surface area contributed by atoms with Gasteiger partial charge in [0.2, 0.25) is 0 Å². The van der Waals surface area contributed by atoms with Crippen molar-refractivity contribution in [1.82, 2.24) is 0 Å². The van der Waals surface area contributed by atoms with E-state index in [1.54, 1.807) is 0 Å². The SMILES string of the molecule is [2H]c1c([2H])c([2H])c(N(c2c([2H])c([2H])c([2H])c([2H])c2[2H])c2c([2H])c([2H])c(-c3c([2H])c([2H])c4c(oc5c([2H])c([2H])c([2H])c(-c6cc7ccccc7cc6-c6cccc(-c7ccccc7)c6)c54)c3[2H])c([2H])c2[2H])c([2H])c1[2H]. The van der Waals surface area contributed by atoms with E-state index in [0.717, 1.165) is 21.9 Å². The Morgan fingerprint density at radius 2 is 1.00 bits per heavy atom. The van der Waals surface area contributed by atoms with Gasteiger partial charge in [-0.2, -0.15) is 0 Å². The fourth-order valence-corrected chi connectivity index (χ4v) is 6.55. The van der Waals surface area contributed by atoms with E-state index in [4.69, 9.17) is 20.9 Å². The molecule has 1 aromatic heterocycles. The highest BCUT2D eigenvalue weighted by Crippen LogP contribution is 2.44. The summed E-state index contributed by atoms with van der Waals surface area (Å²) in [5.74, 6) is 0. The first kappa shape index (κ1) is 17.1. The fourth-order valence-electron chi connectivity index (χ4n) is 6.55. The summed E-state index contributed by atoms with van der Waals surface area (Å²) in [6.07, 6.45) is 0. The van der Waals surface area contributed by atoms with Crippen LogP contribution in [0.2, 0.25) is 0 Å². The van der Waals surface area contributed by atoms with Crippen LogP contribution in [0.5, 0.6) is 0 Å². The van der Waals surface area contributed by atoms with Gasteiger partial charge in [-0.05, 0) is 128 Å². The average molecular weight is 710 g/mol. The van der Waals surface area contributed by atoms with E-state index in [-0.39, 0.29) is 21.9 Å². The van der Waals surface area contributed by atoms with E-state index in [2.05, 4.69) is 0 Å². The number of furan rings is 1. The lowest BCUT2D eigenvalue weighted by molar-refractivity contribution is 0.669. The molecule has 0 atom stereocenters. The van der Waals surface area contributed by atoms with Crippen LogP contribution in [-0.2, 0) is 0 Å². The molecule has 0 amide bonds. The zero-order valence-electron chi connectivity index (χ0n) is 48.0. The van der Waals surface area contributed by atoms with Gasteiger partial charge in [0.25, 0.3) is 0 Å². The summed E-state index contributed by atoms with van der Waals surface area (Å²) in [5.41, 5.74) is -1.25. The Morgan fingerprint density at radius 3 is 1.72 bits per heavy atom. The molecule has 2 nitrogen and oxygen atoms in total. The Balaban J connectivity index is 1.26. The third kappa shape index (κ3) is 5.71. The van der Waals surface area contributed by atoms with Crippen LogP contribution >= 0.6 is 0 Å². The van der Waals surface area contributed by atoms with E-state index in [9.17, 15) is 11.0 Å². The molecule has 0 bridgehead atoms. The molecule has 10 aromatic rings. The first-order valence-electron chi connectivity index (χ1n) is 26.8. The predicted molar refractivity (Wildman–Crippen MR) is 228 cm³/mol. The monoisotopic (exact) mass is 709 g/mol. The fraction of sp³-hybridized carbons (Fsp3) is 0. The minimum Gasteiger partial charge on any atom is -0.456 e. The molecule has 54 heavy (non-hydrogen) atoms. The number of nitrogens with zero attached hydrogens (tertiary/aromatic N) is 1. The van der Waals surface area contributed by atoms with Crippen molar-refractivity contribution in [2.45, 2.75) is 0 Å². The van der Waals surface area contributed by atoms with Gasteiger partial charge in [-0.3, -0.25) is 0 Å². The van der Waals surface area contributed by atoms with Crippen LogP contribution < -0.4 is 4.90 Å². The topological polar surface area (TPSA) is 16.4 Å². The molecule has 254 valence electrons. The van der Waals surface area contributed by atoms with Gasteiger partial charge in [0.05, 0.1) is 27.4 Å². The molecule has 0 radical (unpaired) electrons. The number of hydrogen-bond acceptors (Lipinski definition) is 2. The first-order chi connectivity index (χ1) is 35.1. The number of rotatable bonds is 7. The number of hydrogen-bond donors (Lipinski definition) is 0. The Hall–Kier alpha value is -7.16. The Morgan fingerprint density at radius 1 is 0.389 bits per heavy atom. The highest BCUT2D eigenvalue weighted by atomic mass is 16.3. The van der Waals surface area contributed by atoms with Crippen molar-refractivity contribution in [2.24, 2.45) is 0 Å². The third-order valence-electron chi connectivity index (χ3n) is 9.01. The van der Waals surface area contributed by atoms with E-state index in [0.29, 0.717) is 21.6 Å². The van der Waals surface area contributed by atoms with Crippen LogP contribution in [0.3, 0.4) is 0 Å². The van der Waals surface area contributed by atoms with Gasteiger partial charge in [0.1, 0.15) is 11.2 Å². The molecule has 0 aliphatic heterocycles. The molecule has 0 fully saturated rings. The van der Waals surface area contributed by atoms with Crippen LogP contribution in [-0.4, -0.2) is 0 Å². The van der Waals surface area contributed by atoms with Crippen LogP contribution in [0.25, 0.3) is 77.2 Å². The number of fused-ring (bicyclic) bond motifs is 4. The van der Waals surface area contributed by atoms with E-state index in [1.165, 1.54) is 0 Å². The van der Waals surface area contributed by atoms with Crippen LogP contribution in [0.4, 0.5) is 17.1 Å². The van der Waals surface area contributed by atoms with Crippen molar-refractivity contribution in [3.05, 3.63) is 212 Å². The minimum atomic E-state index is -1.07. The lowest BCUT2D eigenvalue weighted by Crippen LogP contribution is -2.09. The van der Waals surface area contributed by atoms with Crippen molar-refractivity contribution < 1.29 is 31.8 Å².